The van der Waals surface area contributed by atoms with Crippen molar-refractivity contribution in [2.24, 2.45) is 5.73 Å². The van der Waals surface area contributed by atoms with Gasteiger partial charge in [-0.25, -0.2) is 4.39 Å². The van der Waals surface area contributed by atoms with Gasteiger partial charge in [0.25, 0.3) is 0 Å². The third kappa shape index (κ3) is 1.71. The largest absolute Gasteiger partial charge is 0.504 e. The Bertz CT molecular complexity index is 317. The molecule has 4 nitrogen and oxygen atoms in total. The molecule has 0 saturated carbocycles. The lowest BCUT2D eigenvalue weighted by Crippen LogP contribution is -2.11. The number of phenols is 2. The first-order valence-electron chi connectivity index (χ1n) is 3.66. The van der Waals surface area contributed by atoms with Crippen LogP contribution in [0.2, 0.25) is 0 Å². The SMILES string of the molecule is NCC(O)c1ccc(F)c(O)c1O. The van der Waals surface area contributed by atoms with Crippen molar-refractivity contribution in [1.29, 1.82) is 0 Å². The van der Waals surface area contributed by atoms with Gasteiger partial charge in [-0.2, -0.15) is 0 Å². The molecule has 0 fully saturated rings. The lowest BCUT2D eigenvalue weighted by molar-refractivity contribution is 0.181. The summed E-state index contributed by atoms with van der Waals surface area (Å²) >= 11 is 0. The molecule has 1 rings (SSSR count). The highest BCUT2D eigenvalue weighted by atomic mass is 19.1. The standard InChI is InChI=1S/C8H10FNO3/c9-5-2-1-4(6(11)3-10)7(12)8(5)13/h1-2,6,11-13H,3,10H2. The molecule has 1 aromatic carbocycles. The molecule has 1 unspecified atom stereocenters. The highest BCUT2D eigenvalue weighted by Gasteiger charge is 2.16. The maximum atomic E-state index is 12.6. The number of phenolic OH excluding ortho intramolecular Hbond substituents is 2. The number of rotatable bonds is 2. The second-order valence-corrected chi connectivity index (χ2v) is 2.59. The van der Waals surface area contributed by atoms with E-state index >= 15 is 0 Å². The van der Waals surface area contributed by atoms with Gasteiger partial charge in [-0.3, -0.25) is 0 Å². The van der Waals surface area contributed by atoms with Crippen molar-refractivity contribution in [2.45, 2.75) is 6.10 Å². The van der Waals surface area contributed by atoms with Gasteiger partial charge in [0.2, 0.25) is 0 Å². The summed E-state index contributed by atoms with van der Waals surface area (Å²) in [5, 5.41) is 27.3. The summed E-state index contributed by atoms with van der Waals surface area (Å²) in [5.41, 5.74) is 5.14. The zero-order chi connectivity index (χ0) is 10.0. The van der Waals surface area contributed by atoms with Crippen LogP contribution in [0, 0.1) is 5.82 Å². The molecule has 0 aliphatic carbocycles. The number of halogens is 1. The second-order valence-electron chi connectivity index (χ2n) is 2.59. The van der Waals surface area contributed by atoms with Gasteiger partial charge >= 0.3 is 0 Å². The minimum Gasteiger partial charge on any atom is -0.504 e. The Balaban J connectivity index is 3.18. The van der Waals surface area contributed by atoms with Crippen LogP contribution in [0.1, 0.15) is 11.7 Å². The quantitative estimate of drug-likeness (QED) is 0.499. The minimum absolute atomic E-state index is 0.0152. The monoisotopic (exact) mass is 187 g/mol. The zero-order valence-electron chi connectivity index (χ0n) is 6.74. The van der Waals surface area contributed by atoms with Crippen molar-refractivity contribution >= 4 is 0 Å². The Morgan fingerprint density at radius 2 is 1.92 bits per heavy atom. The van der Waals surface area contributed by atoms with Gasteiger partial charge in [-0.15, -0.1) is 0 Å². The van der Waals surface area contributed by atoms with Crippen molar-refractivity contribution in [3.05, 3.63) is 23.5 Å². The molecule has 0 saturated heterocycles. The van der Waals surface area contributed by atoms with E-state index < -0.39 is 23.4 Å². The first-order valence-corrected chi connectivity index (χ1v) is 3.66. The van der Waals surface area contributed by atoms with Crippen molar-refractivity contribution < 1.29 is 19.7 Å². The number of aliphatic hydroxyl groups is 1. The molecule has 1 atom stereocenters. The Morgan fingerprint density at radius 3 is 2.46 bits per heavy atom. The number of aliphatic hydroxyl groups excluding tert-OH is 1. The molecule has 0 aromatic heterocycles. The molecule has 5 N–H and O–H groups in total. The first kappa shape index (κ1) is 9.76. The summed E-state index contributed by atoms with van der Waals surface area (Å²) in [6.07, 6.45) is -1.11. The van der Waals surface area contributed by atoms with Gasteiger partial charge in [-0.05, 0) is 12.1 Å². The molecule has 0 amide bonds. The van der Waals surface area contributed by atoms with E-state index in [-0.39, 0.29) is 12.1 Å². The van der Waals surface area contributed by atoms with E-state index in [1.54, 1.807) is 0 Å². The second kappa shape index (κ2) is 3.59. The summed E-state index contributed by atoms with van der Waals surface area (Å²) in [7, 11) is 0. The van der Waals surface area contributed by atoms with Gasteiger partial charge in [0.15, 0.2) is 17.3 Å². The molecule has 0 radical (unpaired) electrons. The third-order valence-corrected chi connectivity index (χ3v) is 1.72. The van der Waals surface area contributed by atoms with Crippen LogP contribution in [0.4, 0.5) is 4.39 Å². The van der Waals surface area contributed by atoms with E-state index in [1.807, 2.05) is 0 Å². The van der Waals surface area contributed by atoms with Gasteiger partial charge < -0.3 is 21.1 Å². The van der Waals surface area contributed by atoms with Crippen LogP contribution in [0.25, 0.3) is 0 Å². The Morgan fingerprint density at radius 1 is 1.31 bits per heavy atom. The molecular formula is C8H10FNO3. The number of benzene rings is 1. The van der Waals surface area contributed by atoms with Gasteiger partial charge in [0, 0.05) is 12.1 Å². The summed E-state index contributed by atoms with van der Waals surface area (Å²) in [5.74, 6) is -2.48. The van der Waals surface area contributed by atoms with Crippen molar-refractivity contribution in [1.82, 2.24) is 0 Å². The van der Waals surface area contributed by atoms with Gasteiger partial charge in [0.05, 0.1) is 6.10 Å². The molecule has 5 heteroatoms. The smallest absolute Gasteiger partial charge is 0.194 e. The number of nitrogens with two attached hydrogens (primary N) is 1. The van der Waals surface area contributed by atoms with Crippen LogP contribution in [-0.2, 0) is 0 Å². The molecule has 13 heavy (non-hydrogen) atoms. The molecular weight excluding hydrogens is 177 g/mol. The lowest BCUT2D eigenvalue weighted by Gasteiger charge is -2.11. The summed E-state index contributed by atoms with van der Waals surface area (Å²) < 4.78 is 12.6. The zero-order valence-corrected chi connectivity index (χ0v) is 6.74. The number of hydrogen-bond acceptors (Lipinski definition) is 4. The van der Waals surface area contributed by atoms with Gasteiger partial charge in [-0.1, -0.05) is 0 Å². The van der Waals surface area contributed by atoms with E-state index in [2.05, 4.69) is 0 Å². The molecule has 72 valence electrons. The average Bonchev–Trinajstić information content (AvgIpc) is 2.13. The predicted octanol–water partition coefficient (Wildman–Crippen LogP) is 0.229. The summed E-state index contributed by atoms with van der Waals surface area (Å²) in [4.78, 5) is 0. The van der Waals surface area contributed by atoms with Crippen LogP contribution in [-0.4, -0.2) is 21.9 Å². The fourth-order valence-corrected chi connectivity index (χ4v) is 0.966. The van der Waals surface area contributed by atoms with Crippen LogP contribution < -0.4 is 5.73 Å². The fourth-order valence-electron chi connectivity index (χ4n) is 0.966. The Labute approximate surface area is 74.0 Å². The molecule has 0 aliphatic rings. The topological polar surface area (TPSA) is 86.7 Å². The van der Waals surface area contributed by atoms with Crippen LogP contribution in [0.15, 0.2) is 12.1 Å². The van der Waals surface area contributed by atoms with Crippen molar-refractivity contribution in [3.63, 3.8) is 0 Å². The summed E-state index contributed by atoms with van der Waals surface area (Å²) in [6, 6.07) is 2.12. The van der Waals surface area contributed by atoms with Crippen LogP contribution in [0.3, 0.4) is 0 Å². The Hall–Kier alpha value is -1.33. The average molecular weight is 187 g/mol. The van der Waals surface area contributed by atoms with E-state index in [9.17, 15) is 14.6 Å². The molecule has 0 aliphatic heterocycles. The van der Waals surface area contributed by atoms with E-state index in [4.69, 9.17) is 10.8 Å². The van der Waals surface area contributed by atoms with Crippen molar-refractivity contribution in [3.8, 4) is 11.5 Å². The Kier molecular flexibility index (Phi) is 2.69. The van der Waals surface area contributed by atoms with Crippen LogP contribution >= 0.6 is 0 Å². The maximum absolute atomic E-state index is 12.6. The molecule has 0 bridgehead atoms. The third-order valence-electron chi connectivity index (χ3n) is 1.72. The van der Waals surface area contributed by atoms with E-state index in [1.165, 1.54) is 6.07 Å². The predicted molar refractivity (Wildman–Crippen MR) is 43.7 cm³/mol. The summed E-state index contributed by atoms with van der Waals surface area (Å²) in [6.45, 7) is -0.112. The minimum atomic E-state index is -1.11. The fraction of sp³-hybridized carbons (Fsp3) is 0.250. The number of aromatic hydroxyl groups is 2. The maximum Gasteiger partial charge on any atom is 0.194 e. The van der Waals surface area contributed by atoms with Crippen LogP contribution in [0.5, 0.6) is 11.5 Å². The van der Waals surface area contributed by atoms with Crippen molar-refractivity contribution in [2.75, 3.05) is 6.54 Å². The number of hydrogen-bond donors (Lipinski definition) is 4. The normalized spacial score (nSPS) is 12.8. The lowest BCUT2D eigenvalue weighted by atomic mass is 10.1. The highest BCUT2D eigenvalue weighted by Crippen LogP contribution is 2.34. The molecule has 1 aromatic rings. The van der Waals surface area contributed by atoms with E-state index in [0.29, 0.717) is 0 Å². The highest BCUT2D eigenvalue weighted by molar-refractivity contribution is 5.46. The molecule has 0 spiro atoms. The molecule has 0 heterocycles. The van der Waals surface area contributed by atoms with Gasteiger partial charge in [0.1, 0.15) is 0 Å². The van der Waals surface area contributed by atoms with E-state index in [0.717, 1.165) is 6.07 Å². The first-order chi connectivity index (χ1) is 6.07.